The van der Waals surface area contributed by atoms with Crippen molar-refractivity contribution in [2.75, 3.05) is 22.6 Å². The van der Waals surface area contributed by atoms with E-state index in [-0.39, 0.29) is 0 Å². The van der Waals surface area contributed by atoms with Crippen molar-refractivity contribution in [1.82, 2.24) is 4.90 Å². The van der Waals surface area contributed by atoms with Crippen LogP contribution in [0.2, 0.25) is 0 Å². The Balaban J connectivity index is 2.12. The third-order valence-corrected chi connectivity index (χ3v) is 4.27. The van der Waals surface area contributed by atoms with Crippen molar-refractivity contribution < 1.29 is 21.2 Å². The molecular formula is C5H11IN-. The SMILES string of the molecule is CN1CCC[I-]C1. The van der Waals surface area contributed by atoms with Crippen molar-refractivity contribution in [1.29, 1.82) is 0 Å². The maximum atomic E-state index is 2.44. The van der Waals surface area contributed by atoms with Crippen LogP contribution in [0.4, 0.5) is 0 Å². The van der Waals surface area contributed by atoms with Gasteiger partial charge >= 0.3 is 55.1 Å². The zero-order chi connectivity index (χ0) is 5.11. The summed E-state index contributed by atoms with van der Waals surface area (Å²) in [4.78, 5) is 2.44. The van der Waals surface area contributed by atoms with E-state index in [2.05, 4.69) is 11.9 Å². The Kier molecular flexibility index (Phi) is 2.38. The van der Waals surface area contributed by atoms with Gasteiger partial charge in [0.15, 0.2) is 0 Å². The van der Waals surface area contributed by atoms with E-state index in [1.807, 2.05) is 0 Å². The zero-order valence-corrected chi connectivity index (χ0v) is 6.81. The third kappa shape index (κ3) is 1.95. The van der Waals surface area contributed by atoms with Crippen molar-refractivity contribution in [2.24, 2.45) is 0 Å². The molecule has 2 heteroatoms. The summed E-state index contributed by atoms with van der Waals surface area (Å²) in [6.07, 6.45) is 1.46. The van der Waals surface area contributed by atoms with Crippen molar-refractivity contribution in [3.63, 3.8) is 0 Å². The predicted molar refractivity (Wildman–Crippen MR) is 27.0 cm³/mol. The number of rotatable bonds is 0. The first-order valence-corrected chi connectivity index (χ1v) is 5.67. The van der Waals surface area contributed by atoms with Crippen LogP contribution < -0.4 is 21.2 Å². The quantitative estimate of drug-likeness (QED) is 0.241. The van der Waals surface area contributed by atoms with E-state index in [1.165, 1.54) is 17.5 Å². The van der Waals surface area contributed by atoms with Gasteiger partial charge in [0.05, 0.1) is 0 Å². The summed E-state index contributed by atoms with van der Waals surface area (Å²) < 4.78 is 2.99. The van der Waals surface area contributed by atoms with Crippen LogP contribution in [0, 0.1) is 0 Å². The number of halogens is 1. The van der Waals surface area contributed by atoms with E-state index < -0.39 is 0 Å². The summed E-state index contributed by atoms with van der Waals surface area (Å²) in [6.45, 7) is 1.35. The van der Waals surface area contributed by atoms with Crippen LogP contribution in [-0.2, 0) is 0 Å². The summed E-state index contributed by atoms with van der Waals surface area (Å²) in [5.41, 5.74) is 0. The minimum absolute atomic E-state index is 0.600. The van der Waals surface area contributed by atoms with Gasteiger partial charge in [-0.1, -0.05) is 0 Å². The number of hydrogen-bond donors (Lipinski definition) is 0. The number of nitrogens with zero attached hydrogens (tertiary/aromatic N) is 1. The molecule has 0 aromatic heterocycles. The van der Waals surface area contributed by atoms with Gasteiger partial charge < -0.3 is 0 Å². The van der Waals surface area contributed by atoms with Gasteiger partial charge in [-0.2, -0.15) is 0 Å². The normalized spacial score (nSPS) is 26.4. The maximum absolute atomic E-state index is 2.44. The second kappa shape index (κ2) is 2.87. The molecule has 0 aromatic rings. The molecule has 0 spiro atoms. The average Bonchev–Trinajstić information content (AvgIpc) is 1.69. The average molecular weight is 212 g/mol. The second-order valence-corrected chi connectivity index (χ2v) is 4.77. The molecule has 0 aromatic carbocycles. The van der Waals surface area contributed by atoms with Crippen LogP contribution in [-0.4, -0.2) is 27.5 Å². The Hall–Kier alpha value is 0.690. The Morgan fingerprint density at radius 3 is 2.71 bits per heavy atom. The number of hydrogen-bond acceptors (Lipinski definition) is 1. The van der Waals surface area contributed by atoms with Crippen LogP contribution in [0.3, 0.4) is 0 Å². The summed E-state index contributed by atoms with van der Waals surface area (Å²) in [6, 6.07) is 0. The topological polar surface area (TPSA) is 3.24 Å². The van der Waals surface area contributed by atoms with Gasteiger partial charge in [0, 0.05) is 0 Å². The van der Waals surface area contributed by atoms with Crippen LogP contribution in [0.5, 0.6) is 0 Å². The molecule has 1 nitrogen and oxygen atoms in total. The standard InChI is InChI=1S/C5H11IN/c1-7-4-2-3-6-5-7/h2-5H2,1H3/q-1. The fraction of sp³-hybridized carbons (Fsp3) is 1.00. The van der Waals surface area contributed by atoms with E-state index >= 15 is 0 Å². The molecule has 0 atom stereocenters. The van der Waals surface area contributed by atoms with Gasteiger partial charge in [0.25, 0.3) is 0 Å². The molecule has 44 valence electrons. The van der Waals surface area contributed by atoms with E-state index in [0.29, 0.717) is 21.2 Å². The molecule has 0 unspecified atom stereocenters. The van der Waals surface area contributed by atoms with Crippen molar-refractivity contribution in [3.8, 4) is 0 Å². The van der Waals surface area contributed by atoms with E-state index in [0.717, 1.165) is 0 Å². The third-order valence-electron chi connectivity index (χ3n) is 1.10. The van der Waals surface area contributed by atoms with Crippen molar-refractivity contribution in [2.45, 2.75) is 6.42 Å². The van der Waals surface area contributed by atoms with Crippen molar-refractivity contribution in [3.05, 3.63) is 0 Å². The Labute approximate surface area is 55.3 Å². The van der Waals surface area contributed by atoms with Gasteiger partial charge in [-0.05, 0) is 0 Å². The molecule has 0 amide bonds. The fourth-order valence-corrected chi connectivity index (χ4v) is 3.07. The molecule has 1 fully saturated rings. The summed E-state index contributed by atoms with van der Waals surface area (Å²) >= 11 is 0.600. The summed E-state index contributed by atoms with van der Waals surface area (Å²) in [5, 5.41) is 0. The van der Waals surface area contributed by atoms with Gasteiger partial charge in [-0.25, -0.2) is 0 Å². The molecule has 7 heavy (non-hydrogen) atoms. The molecule has 1 aliphatic heterocycles. The Morgan fingerprint density at radius 1 is 1.57 bits per heavy atom. The molecule has 1 aliphatic rings. The van der Waals surface area contributed by atoms with Gasteiger partial charge in [0.1, 0.15) is 0 Å². The molecule has 0 bridgehead atoms. The molecule has 0 aliphatic carbocycles. The molecule has 0 saturated carbocycles. The monoisotopic (exact) mass is 212 g/mol. The van der Waals surface area contributed by atoms with E-state index in [4.69, 9.17) is 0 Å². The minimum atomic E-state index is 0.600. The van der Waals surface area contributed by atoms with Gasteiger partial charge in [0.2, 0.25) is 0 Å². The molecular weight excluding hydrogens is 201 g/mol. The molecule has 0 radical (unpaired) electrons. The first-order chi connectivity index (χ1) is 3.39. The van der Waals surface area contributed by atoms with E-state index in [1.54, 1.807) is 4.43 Å². The van der Waals surface area contributed by atoms with Crippen LogP contribution in [0.25, 0.3) is 0 Å². The first kappa shape index (κ1) is 5.82. The second-order valence-electron chi connectivity index (χ2n) is 1.93. The van der Waals surface area contributed by atoms with Crippen LogP contribution >= 0.6 is 0 Å². The van der Waals surface area contributed by atoms with E-state index in [9.17, 15) is 0 Å². The van der Waals surface area contributed by atoms with Crippen LogP contribution in [0.15, 0.2) is 0 Å². The molecule has 1 heterocycles. The fourth-order valence-electron chi connectivity index (χ4n) is 0.688. The van der Waals surface area contributed by atoms with Crippen molar-refractivity contribution >= 4 is 0 Å². The predicted octanol–water partition coefficient (Wildman–Crippen LogP) is -2.63. The number of alkyl halides is 2. The molecule has 1 rings (SSSR count). The van der Waals surface area contributed by atoms with Gasteiger partial charge in [-0.3, -0.25) is 0 Å². The first-order valence-electron chi connectivity index (χ1n) is 2.61. The summed E-state index contributed by atoms with van der Waals surface area (Å²) in [5.74, 6) is 0. The van der Waals surface area contributed by atoms with Gasteiger partial charge in [-0.15, -0.1) is 0 Å². The van der Waals surface area contributed by atoms with Crippen LogP contribution in [0.1, 0.15) is 6.42 Å². The Bertz CT molecular complexity index is 50.0. The molecule has 1 saturated heterocycles. The zero-order valence-electron chi connectivity index (χ0n) is 4.65. The Morgan fingerprint density at radius 2 is 2.43 bits per heavy atom. The molecule has 0 N–H and O–H groups in total. The summed E-state index contributed by atoms with van der Waals surface area (Å²) in [7, 11) is 2.22.